The second kappa shape index (κ2) is 4.81. The highest BCUT2D eigenvalue weighted by Gasteiger charge is 2.16. The summed E-state index contributed by atoms with van der Waals surface area (Å²) in [5.74, 6) is 0.479. The molecule has 1 aliphatic heterocycles. The first-order chi connectivity index (χ1) is 8.84. The van der Waals surface area contributed by atoms with Gasteiger partial charge in [0.2, 0.25) is 0 Å². The molecule has 0 aliphatic carbocycles. The maximum absolute atomic E-state index is 12.2. The van der Waals surface area contributed by atoms with Gasteiger partial charge in [-0.25, -0.2) is 15.0 Å². The summed E-state index contributed by atoms with van der Waals surface area (Å²) in [4.78, 5) is 24.4. The molecule has 0 atom stereocenters. The normalized spacial score (nSPS) is 17.1. The summed E-state index contributed by atoms with van der Waals surface area (Å²) in [6.45, 7) is 2.24. The van der Waals surface area contributed by atoms with E-state index in [1.165, 1.54) is 12.4 Å². The first-order valence-corrected chi connectivity index (χ1v) is 6.08. The van der Waals surface area contributed by atoms with Crippen LogP contribution in [0.4, 0.5) is 0 Å². The fourth-order valence-corrected chi connectivity index (χ4v) is 2.23. The molecule has 1 fully saturated rings. The van der Waals surface area contributed by atoms with Gasteiger partial charge < -0.3 is 4.74 Å². The van der Waals surface area contributed by atoms with Crippen molar-refractivity contribution in [2.75, 3.05) is 13.2 Å². The van der Waals surface area contributed by atoms with Crippen LogP contribution in [-0.4, -0.2) is 32.7 Å². The molecule has 1 saturated heterocycles. The smallest absolute Gasteiger partial charge is 0.281 e. The predicted molar refractivity (Wildman–Crippen MR) is 65.1 cm³/mol. The van der Waals surface area contributed by atoms with Gasteiger partial charge in [-0.1, -0.05) is 0 Å². The van der Waals surface area contributed by atoms with Crippen molar-refractivity contribution in [1.82, 2.24) is 19.5 Å². The zero-order valence-corrected chi connectivity index (χ0v) is 9.95. The number of hydrogen-bond acceptors (Lipinski definition) is 5. The SMILES string of the molecule is O=c1c2nccnc2ncn1CC1CCOCC1. The Morgan fingerprint density at radius 1 is 1.22 bits per heavy atom. The molecule has 0 N–H and O–H groups in total. The van der Waals surface area contributed by atoms with Crippen LogP contribution in [0.15, 0.2) is 23.5 Å². The van der Waals surface area contributed by atoms with E-state index in [0.29, 0.717) is 23.6 Å². The van der Waals surface area contributed by atoms with Crippen molar-refractivity contribution in [2.24, 2.45) is 5.92 Å². The van der Waals surface area contributed by atoms with Crippen LogP contribution >= 0.6 is 0 Å². The fraction of sp³-hybridized carbons (Fsp3) is 0.500. The largest absolute Gasteiger partial charge is 0.381 e. The number of ether oxygens (including phenoxy) is 1. The lowest BCUT2D eigenvalue weighted by atomic mass is 10.0. The Hall–Kier alpha value is -1.82. The first kappa shape index (κ1) is 11.3. The molecule has 3 rings (SSSR count). The van der Waals surface area contributed by atoms with E-state index in [4.69, 9.17) is 4.74 Å². The number of hydrogen-bond donors (Lipinski definition) is 0. The van der Waals surface area contributed by atoms with E-state index in [2.05, 4.69) is 15.0 Å². The van der Waals surface area contributed by atoms with E-state index < -0.39 is 0 Å². The molecule has 18 heavy (non-hydrogen) atoms. The summed E-state index contributed by atoms with van der Waals surface area (Å²) in [6, 6.07) is 0. The first-order valence-electron chi connectivity index (χ1n) is 6.08. The van der Waals surface area contributed by atoms with Gasteiger partial charge in [0.1, 0.15) is 6.33 Å². The van der Waals surface area contributed by atoms with Gasteiger partial charge >= 0.3 is 0 Å². The molecule has 1 aliphatic rings. The second-order valence-electron chi connectivity index (χ2n) is 4.49. The molecule has 2 aromatic rings. The molecular weight excluding hydrogens is 232 g/mol. The van der Waals surface area contributed by atoms with Crippen LogP contribution in [0.5, 0.6) is 0 Å². The van der Waals surface area contributed by atoms with Crippen LogP contribution in [0, 0.1) is 5.92 Å². The molecule has 0 amide bonds. The molecule has 0 bridgehead atoms. The van der Waals surface area contributed by atoms with E-state index in [-0.39, 0.29) is 5.56 Å². The molecular formula is C12H14N4O2. The average molecular weight is 246 g/mol. The van der Waals surface area contributed by atoms with E-state index in [1.807, 2.05) is 0 Å². The van der Waals surface area contributed by atoms with Gasteiger partial charge in [0, 0.05) is 32.2 Å². The zero-order valence-electron chi connectivity index (χ0n) is 9.95. The van der Waals surface area contributed by atoms with Crippen molar-refractivity contribution in [1.29, 1.82) is 0 Å². The Morgan fingerprint density at radius 2 is 2.00 bits per heavy atom. The summed E-state index contributed by atoms with van der Waals surface area (Å²) in [6.07, 6.45) is 6.60. The molecule has 0 unspecified atom stereocenters. The summed E-state index contributed by atoms with van der Waals surface area (Å²) >= 11 is 0. The molecule has 3 heterocycles. The third kappa shape index (κ3) is 2.11. The Kier molecular flexibility index (Phi) is 3.02. The van der Waals surface area contributed by atoms with Crippen LogP contribution in [0.25, 0.3) is 11.2 Å². The predicted octanol–water partition coefficient (Wildman–Crippen LogP) is 0.613. The third-order valence-corrected chi connectivity index (χ3v) is 3.26. The molecule has 0 aromatic carbocycles. The fourth-order valence-electron chi connectivity index (χ4n) is 2.23. The summed E-state index contributed by atoms with van der Waals surface area (Å²) in [5, 5.41) is 0. The van der Waals surface area contributed by atoms with Crippen LogP contribution in [-0.2, 0) is 11.3 Å². The highest BCUT2D eigenvalue weighted by atomic mass is 16.5. The highest BCUT2D eigenvalue weighted by molar-refractivity contribution is 5.66. The highest BCUT2D eigenvalue weighted by Crippen LogP contribution is 2.16. The van der Waals surface area contributed by atoms with Gasteiger partial charge in [-0.15, -0.1) is 0 Å². The minimum atomic E-state index is -0.111. The van der Waals surface area contributed by atoms with Gasteiger partial charge in [-0.2, -0.15) is 0 Å². The molecule has 0 spiro atoms. The van der Waals surface area contributed by atoms with Crippen molar-refractivity contribution >= 4 is 11.2 Å². The minimum absolute atomic E-state index is 0.111. The van der Waals surface area contributed by atoms with E-state index in [0.717, 1.165) is 26.1 Å². The Balaban J connectivity index is 1.92. The van der Waals surface area contributed by atoms with Gasteiger partial charge in [0.15, 0.2) is 11.2 Å². The van der Waals surface area contributed by atoms with Gasteiger partial charge in [-0.3, -0.25) is 9.36 Å². The quantitative estimate of drug-likeness (QED) is 0.776. The van der Waals surface area contributed by atoms with Gasteiger partial charge in [0.05, 0.1) is 0 Å². The van der Waals surface area contributed by atoms with Gasteiger partial charge in [-0.05, 0) is 18.8 Å². The Bertz CT molecular complexity index is 604. The monoisotopic (exact) mass is 246 g/mol. The molecule has 0 saturated carbocycles. The van der Waals surface area contributed by atoms with Crippen LogP contribution < -0.4 is 5.56 Å². The van der Waals surface area contributed by atoms with E-state index in [1.54, 1.807) is 10.9 Å². The number of aromatic nitrogens is 4. The Morgan fingerprint density at radius 3 is 2.83 bits per heavy atom. The van der Waals surface area contributed by atoms with Gasteiger partial charge in [0.25, 0.3) is 5.56 Å². The lowest BCUT2D eigenvalue weighted by Crippen LogP contribution is -2.28. The topological polar surface area (TPSA) is 69.9 Å². The lowest BCUT2D eigenvalue weighted by Gasteiger charge is -2.22. The number of rotatable bonds is 2. The standard InChI is InChI=1S/C12H14N4O2/c17-12-10-11(14-4-3-13-10)15-8-16(12)7-9-1-5-18-6-2-9/h3-4,8-9H,1-2,5-7H2. The van der Waals surface area contributed by atoms with Crippen molar-refractivity contribution in [3.05, 3.63) is 29.1 Å². The second-order valence-corrected chi connectivity index (χ2v) is 4.49. The van der Waals surface area contributed by atoms with Crippen molar-refractivity contribution in [3.63, 3.8) is 0 Å². The maximum atomic E-state index is 12.2. The van der Waals surface area contributed by atoms with Crippen molar-refractivity contribution < 1.29 is 4.74 Å². The lowest BCUT2D eigenvalue weighted by molar-refractivity contribution is 0.0609. The molecule has 6 heteroatoms. The Labute approximate surface area is 104 Å². The van der Waals surface area contributed by atoms with E-state index in [9.17, 15) is 4.79 Å². The molecule has 6 nitrogen and oxygen atoms in total. The van der Waals surface area contributed by atoms with Crippen molar-refractivity contribution in [3.8, 4) is 0 Å². The summed E-state index contributed by atoms with van der Waals surface area (Å²) in [7, 11) is 0. The van der Waals surface area contributed by atoms with Crippen molar-refractivity contribution in [2.45, 2.75) is 19.4 Å². The average Bonchev–Trinajstić information content (AvgIpc) is 2.43. The summed E-state index contributed by atoms with van der Waals surface area (Å²) in [5.41, 5.74) is 0.636. The van der Waals surface area contributed by atoms with E-state index >= 15 is 0 Å². The molecule has 2 aromatic heterocycles. The number of fused-ring (bicyclic) bond motifs is 1. The number of nitrogens with zero attached hydrogens (tertiary/aromatic N) is 4. The third-order valence-electron chi connectivity index (χ3n) is 3.26. The minimum Gasteiger partial charge on any atom is -0.381 e. The summed E-state index contributed by atoms with van der Waals surface area (Å²) < 4.78 is 6.94. The maximum Gasteiger partial charge on any atom is 0.281 e. The molecule has 0 radical (unpaired) electrons. The van der Waals surface area contributed by atoms with Crippen LogP contribution in [0.1, 0.15) is 12.8 Å². The zero-order chi connectivity index (χ0) is 12.4. The van der Waals surface area contributed by atoms with Crippen LogP contribution in [0.2, 0.25) is 0 Å². The van der Waals surface area contributed by atoms with Crippen LogP contribution in [0.3, 0.4) is 0 Å². The molecule has 94 valence electrons.